The second-order valence-electron chi connectivity index (χ2n) is 5.01. The van der Waals surface area contributed by atoms with E-state index in [1.165, 1.54) is 0 Å². The summed E-state index contributed by atoms with van der Waals surface area (Å²) >= 11 is 0. The van der Waals surface area contributed by atoms with Crippen LogP contribution in [-0.2, 0) is 4.79 Å². The van der Waals surface area contributed by atoms with Crippen molar-refractivity contribution in [1.29, 1.82) is 0 Å². The van der Waals surface area contributed by atoms with E-state index in [0.29, 0.717) is 6.54 Å². The van der Waals surface area contributed by atoms with Crippen LogP contribution >= 0.6 is 0 Å². The normalized spacial score (nSPS) is 17.9. The molecule has 0 bridgehead atoms. The Balaban J connectivity index is 1.72. The molecule has 2 heterocycles. The van der Waals surface area contributed by atoms with Gasteiger partial charge < -0.3 is 10.6 Å². The highest BCUT2D eigenvalue weighted by Gasteiger charge is 2.28. The molecule has 4 heteroatoms. The Hall–Kier alpha value is -2.36. The lowest BCUT2D eigenvalue weighted by Crippen LogP contribution is -2.32. The summed E-state index contributed by atoms with van der Waals surface area (Å²) in [6.07, 6.45) is 1.74. The summed E-state index contributed by atoms with van der Waals surface area (Å²) in [4.78, 5) is 16.7. The first-order valence-corrected chi connectivity index (χ1v) is 6.80. The van der Waals surface area contributed by atoms with E-state index in [1.54, 1.807) is 6.20 Å². The zero-order chi connectivity index (χ0) is 13.9. The molecule has 0 spiro atoms. The maximum absolute atomic E-state index is 12.4. The third-order valence-electron chi connectivity index (χ3n) is 3.64. The van der Waals surface area contributed by atoms with Crippen molar-refractivity contribution in [3.05, 3.63) is 59.9 Å². The van der Waals surface area contributed by atoms with Crippen LogP contribution in [0.4, 0.5) is 5.69 Å². The molecule has 4 nitrogen and oxygen atoms in total. The maximum atomic E-state index is 12.4. The lowest BCUT2D eigenvalue weighted by molar-refractivity contribution is -0.122. The third-order valence-corrected chi connectivity index (χ3v) is 3.64. The molecule has 1 aromatic heterocycles. The molecule has 1 aromatic carbocycles. The number of amides is 1. The Morgan fingerprint density at radius 1 is 1.30 bits per heavy atom. The topological polar surface area (TPSA) is 54.0 Å². The molecule has 1 aliphatic rings. The molecule has 0 saturated carbocycles. The van der Waals surface area contributed by atoms with Crippen molar-refractivity contribution in [2.75, 3.05) is 11.9 Å². The van der Waals surface area contributed by atoms with Gasteiger partial charge in [0.15, 0.2) is 0 Å². The van der Waals surface area contributed by atoms with Crippen molar-refractivity contribution in [3.8, 4) is 0 Å². The Morgan fingerprint density at radius 3 is 2.90 bits per heavy atom. The van der Waals surface area contributed by atoms with Gasteiger partial charge >= 0.3 is 0 Å². The van der Waals surface area contributed by atoms with Gasteiger partial charge in [-0.15, -0.1) is 0 Å². The number of aromatic nitrogens is 1. The number of carbonyl (C=O) groups is 1. The number of carbonyl (C=O) groups excluding carboxylic acids is 1. The van der Waals surface area contributed by atoms with Crippen LogP contribution in [0.1, 0.15) is 30.1 Å². The van der Waals surface area contributed by atoms with Crippen LogP contribution in [-0.4, -0.2) is 17.4 Å². The standard InChI is InChI=1S/C16H17N3O/c1-11(14-7-4-5-9-17-14)19-16(20)13-10-18-15-8-3-2-6-12(13)15/h2-9,11,13,18H,10H2,1H3,(H,19,20). The molecule has 20 heavy (non-hydrogen) atoms. The quantitative estimate of drug-likeness (QED) is 0.898. The molecule has 102 valence electrons. The molecular weight excluding hydrogens is 250 g/mol. The minimum Gasteiger partial charge on any atom is -0.384 e. The van der Waals surface area contributed by atoms with E-state index in [4.69, 9.17) is 0 Å². The van der Waals surface area contributed by atoms with Crippen molar-refractivity contribution >= 4 is 11.6 Å². The molecule has 1 aliphatic heterocycles. The van der Waals surface area contributed by atoms with Crippen molar-refractivity contribution in [2.24, 2.45) is 0 Å². The number of anilines is 1. The van der Waals surface area contributed by atoms with Gasteiger partial charge in [0.05, 0.1) is 17.7 Å². The van der Waals surface area contributed by atoms with Crippen LogP contribution in [0.3, 0.4) is 0 Å². The predicted octanol–water partition coefficient (Wildman–Crippen LogP) is 2.47. The van der Waals surface area contributed by atoms with E-state index in [0.717, 1.165) is 16.9 Å². The summed E-state index contributed by atoms with van der Waals surface area (Å²) in [5, 5.41) is 6.31. The molecule has 2 N–H and O–H groups in total. The zero-order valence-electron chi connectivity index (χ0n) is 11.3. The second-order valence-corrected chi connectivity index (χ2v) is 5.01. The van der Waals surface area contributed by atoms with Crippen molar-refractivity contribution < 1.29 is 4.79 Å². The van der Waals surface area contributed by atoms with E-state index in [1.807, 2.05) is 49.4 Å². The molecule has 2 atom stereocenters. The molecule has 0 aliphatic carbocycles. The van der Waals surface area contributed by atoms with E-state index >= 15 is 0 Å². The van der Waals surface area contributed by atoms with Gasteiger partial charge in [-0.25, -0.2) is 0 Å². The highest BCUT2D eigenvalue weighted by atomic mass is 16.2. The summed E-state index contributed by atoms with van der Waals surface area (Å²) in [6, 6.07) is 13.6. The van der Waals surface area contributed by atoms with Gasteiger partial charge in [0.1, 0.15) is 0 Å². The first-order valence-electron chi connectivity index (χ1n) is 6.80. The Morgan fingerprint density at radius 2 is 2.10 bits per heavy atom. The minimum atomic E-state index is -0.127. The number of hydrogen-bond donors (Lipinski definition) is 2. The predicted molar refractivity (Wildman–Crippen MR) is 78.5 cm³/mol. The molecule has 0 saturated heterocycles. The fourth-order valence-electron chi connectivity index (χ4n) is 2.54. The van der Waals surface area contributed by atoms with Gasteiger partial charge in [-0.05, 0) is 30.7 Å². The molecular formula is C16H17N3O. The number of para-hydroxylation sites is 1. The number of rotatable bonds is 3. The monoisotopic (exact) mass is 267 g/mol. The number of benzene rings is 1. The Kier molecular flexibility index (Phi) is 3.37. The van der Waals surface area contributed by atoms with Crippen LogP contribution in [0.2, 0.25) is 0 Å². The van der Waals surface area contributed by atoms with Gasteiger partial charge in [-0.2, -0.15) is 0 Å². The highest BCUT2D eigenvalue weighted by Crippen LogP contribution is 2.31. The molecule has 2 unspecified atom stereocenters. The van der Waals surface area contributed by atoms with Crippen LogP contribution in [0.5, 0.6) is 0 Å². The molecule has 2 aromatic rings. The average molecular weight is 267 g/mol. The van der Waals surface area contributed by atoms with Gasteiger partial charge in [0.2, 0.25) is 5.91 Å². The number of nitrogens with one attached hydrogen (secondary N) is 2. The van der Waals surface area contributed by atoms with E-state index in [2.05, 4.69) is 15.6 Å². The summed E-state index contributed by atoms with van der Waals surface area (Å²) in [7, 11) is 0. The fraction of sp³-hybridized carbons (Fsp3) is 0.250. The fourth-order valence-corrected chi connectivity index (χ4v) is 2.54. The van der Waals surface area contributed by atoms with Crippen molar-refractivity contribution in [3.63, 3.8) is 0 Å². The van der Waals surface area contributed by atoms with Crippen molar-refractivity contribution in [1.82, 2.24) is 10.3 Å². The number of fused-ring (bicyclic) bond motifs is 1. The van der Waals surface area contributed by atoms with Gasteiger partial charge in [-0.1, -0.05) is 24.3 Å². The van der Waals surface area contributed by atoms with E-state index in [-0.39, 0.29) is 17.9 Å². The van der Waals surface area contributed by atoms with Gasteiger partial charge in [0, 0.05) is 18.4 Å². The molecule has 0 fully saturated rings. The Labute approximate surface area is 118 Å². The van der Waals surface area contributed by atoms with Crippen LogP contribution < -0.4 is 10.6 Å². The number of nitrogens with zero attached hydrogens (tertiary/aromatic N) is 1. The smallest absolute Gasteiger partial charge is 0.229 e. The molecule has 3 rings (SSSR count). The number of hydrogen-bond acceptors (Lipinski definition) is 3. The van der Waals surface area contributed by atoms with Crippen LogP contribution in [0.25, 0.3) is 0 Å². The molecule has 1 amide bonds. The summed E-state index contributed by atoms with van der Waals surface area (Å²) in [5.74, 6) is -0.0852. The van der Waals surface area contributed by atoms with E-state index < -0.39 is 0 Å². The SMILES string of the molecule is CC(NC(=O)C1CNc2ccccc21)c1ccccn1. The Bertz CT molecular complexity index is 612. The summed E-state index contributed by atoms with van der Waals surface area (Å²) in [5.41, 5.74) is 3.00. The zero-order valence-corrected chi connectivity index (χ0v) is 11.3. The largest absolute Gasteiger partial charge is 0.384 e. The lowest BCUT2D eigenvalue weighted by Gasteiger charge is -2.16. The molecule has 0 radical (unpaired) electrons. The summed E-state index contributed by atoms with van der Waals surface area (Å²) in [6.45, 7) is 2.61. The first-order chi connectivity index (χ1) is 9.75. The van der Waals surface area contributed by atoms with E-state index in [9.17, 15) is 4.79 Å². The minimum absolute atomic E-state index is 0.0422. The van der Waals surface area contributed by atoms with Crippen LogP contribution in [0, 0.1) is 0 Å². The summed E-state index contributed by atoms with van der Waals surface area (Å²) < 4.78 is 0. The first kappa shape index (κ1) is 12.7. The maximum Gasteiger partial charge on any atom is 0.229 e. The van der Waals surface area contributed by atoms with Gasteiger partial charge in [-0.3, -0.25) is 9.78 Å². The lowest BCUT2D eigenvalue weighted by atomic mass is 10.00. The van der Waals surface area contributed by atoms with Crippen molar-refractivity contribution in [2.45, 2.75) is 18.9 Å². The number of pyridine rings is 1. The second kappa shape index (κ2) is 5.33. The average Bonchev–Trinajstić information content (AvgIpc) is 2.92. The highest BCUT2D eigenvalue weighted by molar-refractivity contribution is 5.88. The van der Waals surface area contributed by atoms with Crippen LogP contribution in [0.15, 0.2) is 48.7 Å². The third kappa shape index (κ3) is 2.37. The van der Waals surface area contributed by atoms with Gasteiger partial charge in [0.25, 0.3) is 0 Å².